The minimum Gasteiger partial charge on any atom is -0.496 e. The first kappa shape index (κ1) is 20.3. The van der Waals surface area contributed by atoms with Crippen molar-refractivity contribution >= 4 is 23.1 Å². The highest BCUT2D eigenvalue weighted by Crippen LogP contribution is 2.45. The Bertz CT molecular complexity index is 1030. The number of halogens is 3. The zero-order valence-corrected chi connectivity index (χ0v) is 16.8. The van der Waals surface area contributed by atoms with Crippen molar-refractivity contribution in [3.05, 3.63) is 64.0 Å². The Labute approximate surface area is 174 Å². The predicted octanol–water partition coefficient (Wildman–Crippen LogP) is 4.54. The fourth-order valence-corrected chi connectivity index (χ4v) is 4.21. The van der Waals surface area contributed by atoms with Gasteiger partial charge in [0.2, 0.25) is 0 Å². The van der Waals surface area contributed by atoms with Crippen LogP contribution in [-0.2, 0) is 6.54 Å². The highest BCUT2D eigenvalue weighted by Gasteiger charge is 2.47. The van der Waals surface area contributed by atoms with Gasteiger partial charge in [-0.05, 0) is 17.5 Å². The molecule has 0 aliphatic carbocycles. The summed E-state index contributed by atoms with van der Waals surface area (Å²) in [7, 11) is 1.47. The number of aromatic nitrogens is 2. The van der Waals surface area contributed by atoms with Crippen molar-refractivity contribution in [3.8, 4) is 5.75 Å². The lowest BCUT2D eigenvalue weighted by atomic mass is 9.95. The first-order valence-electron chi connectivity index (χ1n) is 9.22. The molecule has 1 aliphatic rings. The second-order valence-corrected chi connectivity index (χ2v) is 7.88. The summed E-state index contributed by atoms with van der Waals surface area (Å²) in [6.07, 6.45) is -3.61. The molecule has 6 nitrogen and oxygen atoms in total. The number of anilines is 1. The Morgan fingerprint density at radius 2 is 2.13 bits per heavy atom. The van der Waals surface area contributed by atoms with Crippen LogP contribution in [0.25, 0.3) is 0 Å². The number of ether oxygens (including phenoxy) is 1. The summed E-state index contributed by atoms with van der Waals surface area (Å²) in [5, 5.41) is 11.6. The van der Waals surface area contributed by atoms with Crippen molar-refractivity contribution in [2.45, 2.75) is 31.2 Å². The van der Waals surface area contributed by atoms with E-state index in [0.29, 0.717) is 17.9 Å². The van der Waals surface area contributed by atoms with Crippen molar-refractivity contribution in [2.24, 2.45) is 0 Å². The molecule has 3 aromatic rings. The molecule has 0 saturated carbocycles. The number of nitrogens with one attached hydrogen (secondary N) is 2. The number of rotatable bonds is 5. The number of fused-ring (bicyclic) bond motifs is 1. The molecule has 1 amide bonds. The van der Waals surface area contributed by atoms with Gasteiger partial charge in [0.1, 0.15) is 17.1 Å². The zero-order valence-electron chi connectivity index (χ0n) is 15.9. The number of benzene rings is 1. The quantitative estimate of drug-likeness (QED) is 0.616. The van der Waals surface area contributed by atoms with Gasteiger partial charge in [-0.3, -0.25) is 4.79 Å². The van der Waals surface area contributed by atoms with Crippen LogP contribution in [0.5, 0.6) is 5.75 Å². The maximum Gasteiger partial charge on any atom is 0.410 e. The van der Waals surface area contributed by atoms with Crippen molar-refractivity contribution < 1.29 is 22.7 Å². The number of carbonyl (C=O) groups excluding carboxylic acids is 1. The van der Waals surface area contributed by atoms with E-state index in [1.165, 1.54) is 24.6 Å². The molecule has 0 spiro atoms. The smallest absolute Gasteiger partial charge is 0.410 e. The Hall–Kier alpha value is -3.01. The number of hydrogen-bond acceptors (Lipinski definition) is 5. The van der Waals surface area contributed by atoms with Gasteiger partial charge in [0.15, 0.2) is 6.04 Å². The predicted molar refractivity (Wildman–Crippen MR) is 107 cm³/mol. The molecule has 1 aromatic carbocycles. The fraction of sp³-hybridized carbons (Fsp3) is 0.300. The van der Waals surface area contributed by atoms with Gasteiger partial charge >= 0.3 is 6.18 Å². The minimum atomic E-state index is -4.52. The molecular formula is C20H19F3N4O2S. The van der Waals surface area contributed by atoms with E-state index >= 15 is 0 Å². The molecule has 2 aromatic heterocycles. The van der Waals surface area contributed by atoms with Gasteiger partial charge < -0.3 is 15.4 Å². The van der Waals surface area contributed by atoms with Gasteiger partial charge in [-0.2, -0.15) is 18.3 Å². The highest BCUT2D eigenvalue weighted by molar-refractivity contribution is 7.09. The van der Waals surface area contributed by atoms with Crippen molar-refractivity contribution in [1.82, 2.24) is 15.1 Å². The molecule has 0 bridgehead atoms. The summed E-state index contributed by atoms with van der Waals surface area (Å²) < 4.78 is 47.6. The Balaban J connectivity index is 1.67. The van der Waals surface area contributed by atoms with Crippen molar-refractivity contribution in [1.29, 1.82) is 0 Å². The first-order valence-corrected chi connectivity index (χ1v) is 10.1. The van der Waals surface area contributed by atoms with Crippen LogP contribution in [0.4, 0.5) is 19.0 Å². The monoisotopic (exact) mass is 436 g/mol. The number of thiophene rings is 1. The molecule has 0 radical (unpaired) electrons. The Morgan fingerprint density at radius 1 is 1.33 bits per heavy atom. The zero-order chi connectivity index (χ0) is 21.3. The summed E-state index contributed by atoms with van der Waals surface area (Å²) in [6.45, 7) is 0.291. The summed E-state index contributed by atoms with van der Waals surface area (Å²) in [5.74, 6) is 0.0366. The van der Waals surface area contributed by atoms with Crippen molar-refractivity contribution in [2.75, 3.05) is 12.4 Å². The van der Waals surface area contributed by atoms with Crippen LogP contribution >= 0.6 is 11.3 Å². The molecule has 30 heavy (non-hydrogen) atoms. The van der Waals surface area contributed by atoms with E-state index in [1.807, 2.05) is 17.5 Å². The number of methoxy groups -OCH3 is 1. The van der Waals surface area contributed by atoms with E-state index in [-0.39, 0.29) is 17.8 Å². The maximum atomic E-state index is 13.8. The minimum absolute atomic E-state index is 0.0446. The molecule has 2 atom stereocenters. The van der Waals surface area contributed by atoms with E-state index < -0.39 is 24.2 Å². The SMILES string of the molecule is COc1ccccc1[C@@H]1C[C@H](C(F)(F)F)n2ncc(C(=O)NCc3cccs3)c2N1. The van der Waals surface area contributed by atoms with Crippen LogP contribution in [0, 0.1) is 0 Å². The van der Waals surface area contributed by atoms with Gasteiger partial charge in [0, 0.05) is 16.9 Å². The first-order chi connectivity index (χ1) is 14.4. The van der Waals surface area contributed by atoms with Gasteiger partial charge in [0.05, 0.1) is 25.9 Å². The second-order valence-electron chi connectivity index (χ2n) is 6.85. The number of amides is 1. The number of para-hydroxylation sites is 1. The number of carbonyl (C=O) groups is 1. The third-order valence-corrected chi connectivity index (χ3v) is 5.88. The Morgan fingerprint density at radius 3 is 2.83 bits per heavy atom. The van der Waals surface area contributed by atoms with Crippen LogP contribution in [0.3, 0.4) is 0 Å². The number of nitrogens with zero attached hydrogens (tertiary/aromatic N) is 2. The highest BCUT2D eigenvalue weighted by atomic mass is 32.1. The number of alkyl halides is 3. The van der Waals surface area contributed by atoms with E-state index in [0.717, 1.165) is 9.56 Å². The average Bonchev–Trinajstić information content (AvgIpc) is 3.40. The molecule has 1 aliphatic heterocycles. The molecule has 2 N–H and O–H groups in total. The summed E-state index contributed by atoms with van der Waals surface area (Å²) in [5.41, 5.74) is 0.659. The molecule has 0 unspecified atom stereocenters. The summed E-state index contributed by atoms with van der Waals surface area (Å²) in [6, 6.07) is 8.08. The molecule has 4 rings (SSSR count). The molecule has 0 fully saturated rings. The van der Waals surface area contributed by atoms with Crippen LogP contribution in [-0.4, -0.2) is 29.0 Å². The molecule has 10 heteroatoms. The summed E-state index contributed by atoms with van der Waals surface area (Å²) in [4.78, 5) is 13.6. The van der Waals surface area contributed by atoms with E-state index in [9.17, 15) is 18.0 Å². The van der Waals surface area contributed by atoms with E-state index in [4.69, 9.17) is 4.74 Å². The lowest BCUT2D eigenvalue weighted by Gasteiger charge is -2.34. The average molecular weight is 436 g/mol. The molecule has 3 heterocycles. The number of hydrogen-bond donors (Lipinski definition) is 2. The van der Waals surface area contributed by atoms with Crippen LogP contribution < -0.4 is 15.4 Å². The Kier molecular flexibility index (Phi) is 5.42. The normalized spacial score (nSPS) is 18.4. The van der Waals surface area contributed by atoms with E-state index in [2.05, 4.69) is 15.7 Å². The molecule has 158 valence electrons. The van der Waals surface area contributed by atoms with Gasteiger partial charge in [-0.15, -0.1) is 11.3 Å². The lowest BCUT2D eigenvalue weighted by Crippen LogP contribution is -2.36. The maximum absolute atomic E-state index is 13.8. The van der Waals surface area contributed by atoms with Crippen LogP contribution in [0.1, 0.15) is 39.3 Å². The lowest BCUT2D eigenvalue weighted by molar-refractivity contribution is -0.173. The third kappa shape index (κ3) is 3.87. The fourth-order valence-electron chi connectivity index (χ4n) is 3.56. The standard InChI is InChI=1S/C20H19F3N4O2S/c1-29-16-7-3-2-6-13(16)15-9-17(20(21,22)23)27-18(26-15)14(11-25-27)19(28)24-10-12-5-4-8-30-12/h2-8,11,15,17,26H,9-10H2,1H3,(H,24,28)/t15-,17+/m0/s1. The van der Waals surface area contributed by atoms with Gasteiger partial charge in [-0.25, -0.2) is 4.68 Å². The van der Waals surface area contributed by atoms with Crippen molar-refractivity contribution in [3.63, 3.8) is 0 Å². The van der Waals surface area contributed by atoms with Crippen LogP contribution in [0.2, 0.25) is 0 Å². The second kappa shape index (κ2) is 8.02. The molecule has 0 saturated heterocycles. The van der Waals surface area contributed by atoms with Gasteiger partial charge in [-0.1, -0.05) is 24.3 Å². The van der Waals surface area contributed by atoms with E-state index in [1.54, 1.807) is 24.3 Å². The molecular weight excluding hydrogens is 417 g/mol. The topological polar surface area (TPSA) is 68.2 Å². The summed E-state index contributed by atoms with van der Waals surface area (Å²) >= 11 is 1.48. The largest absolute Gasteiger partial charge is 0.496 e. The van der Waals surface area contributed by atoms with Crippen LogP contribution in [0.15, 0.2) is 48.0 Å². The van der Waals surface area contributed by atoms with Gasteiger partial charge in [0.25, 0.3) is 5.91 Å². The third-order valence-electron chi connectivity index (χ3n) is 5.00.